The Bertz CT molecular complexity index is 1190. The van der Waals surface area contributed by atoms with Gasteiger partial charge in [0.25, 0.3) is 5.89 Å². The number of carbonyl (C=O) groups excluding carboxylic acids is 1. The standard InChI is InChI=1S/C21H17FN4O3S/c1-13-17(14(2)26(24-13)16-7-5-15(22)6-8-16)9-10-20(27)28-12-19-23-21(29-25-19)18-4-3-11-30-18/h3-11H,12H2,1-2H3/b10-9+. The monoisotopic (exact) mass is 424 g/mol. The number of halogens is 1. The fourth-order valence-electron chi connectivity index (χ4n) is 2.88. The van der Waals surface area contributed by atoms with Gasteiger partial charge in [0.15, 0.2) is 6.61 Å². The van der Waals surface area contributed by atoms with Gasteiger partial charge in [-0.1, -0.05) is 11.2 Å². The molecule has 0 atom stereocenters. The molecule has 0 aliphatic carbocycles. The van der Waals surface area contributed by atoms with E-state index < -0.39 is 5.97 Å². The van der Waals surface area contributed by atoms with Crippen LogP contribution in [0.15, 0.2) is 52.4 Å². The number of carbonyl (C=O) groups is 1. The van der Waals surface area contributed by atoms with Crippen molar-refractivity contribution in [1.82, 2.24) is 19.9 Å². The molecule has 0 bridgehead atoms. The van der Waals surface area contributed by atoms with Gasteiger partial charge in [-0.3, -0.25) is 0 Å². The molecule has 0 saturated heterocycles. The van der Waals surface area contributed by atoms with Crippen LogP contribution in [-0.2, 0) is 16.1 Å². The summed E-state index contributed by atoms with van der Waals surface area (Å²) >= 11 is 1.48. The van der Waals surface area contributed by atoms with Crippen molar-refractivity contribution in [2.75, 3.05) is 0 Å². The lowest BCUT2D eigenvalue weighted by molar-refractivity contribution is -0.139. The smallest absolute Gasteiger partial charge is 0.331 e. The lowest BCUT2D eigenvalue weighted by Crippen LogP contribution is -2.02. The van der Waals surface area contributed by atoms with Gasteiger partial charge in [0.2, 0.25) is 5.82 Å². The van der Waals surface area contributed by atoms with Crippen LogP contribution in [0.3, 0.4) is 0 Å². The number of benzene rings is 1. The summed E-state index contributed by atoms with van der Waals surface area (Å²) in [4.78, 5) is 17.2. The Morgan fingerprint density at radius 3 is 2.80 bits per heavy atom. The zero-order valence-corrected chi connectivity index (χ0v) is 17.0. The molecule has 30 heavy (non-hydrogen) atoms. The van der Waals surface area contributed by atoms with E-state index in [-0.39, 0.29) is 18.2 Å². The van der Waals surface area contributed by atoms with Crippen LogP contribution in [0.1, 0.15) is 22.8 Å². The van der Waals surface area contributed by atoms with Gasteiger partial charge in [-0.2, -0.15) is 10.1 Å². The summed E-state index contributed by atoms with van der Waals surface area (Å²) in [6, 6.07) is 9.79. The Morgan fingerprint density at radius 1 is 1.27 bits per heavy atom. The number of esters is 1. The first-order valence-electron chi connectivity index (χ1n) is 9.05. The number of ether oxygens (including phenoxy) is 1. The summed E-state index contributed by atoms with van der Waals surface area (Å²) in [6.45, 7) is 3.62. The molecule has 4 aromatic rings. The Hall–Kier alpha value is -3.59. The highest BCUT2D eigenvalue weighted by molar-refractivity contribution is 7.13. The second kappa shape index (κ2) is 8.42. The summed E-state index contributed by atoms with van der Waals surface area (Å²) in [5.41, 5.74) is 3.08. The van der Waals surface area contributed by atoms with Gasteiger partial charge < -0.3 is 9.26 Å². The number of rotatable bonds is 6. The fourth-order valence-corrected chi connectivity index (χ4v) is 3.52. The summed E-state index contributed by atoms with van der Waals surface area (Å²) in [7, 11) is 0. The third-order valence-corrected chi connectivity index (χ3v) is 5.21. The molecule has 0 spiro atoms. The predicted octanol–water partition coefficient (Wildman–Crippen LogP) is 4.50. The van der Waals surface area contributed by atoms with E-state index in [2.05, 4.69) is 15.2 Å². The first-order chi connectivity index (χ1) is 14.5. The number of aryl methyl sites for hydroxylation is 1. The van der Waals surface area contributed by atoms with E-state index in [1.165, 1.54) is 29.5 Å². The quantitative estimate of drug-likeness (QED) is 0.335. The van der Waals surface area contributed by atoms with Gasteiger partial charge in [-0.15, -0.1) is 11.3 Å². The maximum Gasteiger partial charge on any atom is 0.331 e. The second-order valence-electron chi connectivity index (χ2n) is 6.41. The Morgan fingerprint density at radius 2 is 2.07 bits per heavy atom. The normalized spacial score (nSPS) is 11.3. The van der Waals surface area contributed by atoms with Gasteiger partial charge in [-0.05, 0) is 55.6 Å². The van der Waals surface area contributed by atoms with Gasteiger partial charge in [0.05, 0.1) is 16.3 Å². The van der Waals surface area contributed by atoms with Crippen molar-refractivity contribution < 1.29 is 18.4 Å². The van der Waals surface area contributed by atoms with Gasteiger partial charge >= 0.3 is 5.97 Å². The minimum atomic E-state index is -0.536. The molecule has 1 aromatic carbocycles. The van der Waals surface area contributed by atoms with Gasteiger partial charge in [-0.25, -0.2) is 13.9 Å². The van der Waals surface area contributed by atoms with Crippen LogP contribution < -0.4 is 0 Å². The van der Waals surface area contributed by atoms with E-state index in [1.54, 1.807) is 22.9 Å². The van der Waals surface area contributed by atoms with E-state index in [0.29, 0.717) is 5.89 Å². The van der Waals surface area contributed by atoms with Gasteiger partial charge in [0, 0.05) is 17.3 Å². The van der Waals surface area contributed by atoms with Crippen LogP contribution in [0.2, 0.25) is 0 Å². The Kier molecular flexibility index (Phi) is 5.53. The van der Waals surface area contributed by atoms with E-state index in [9.17, 15) is 9.18 Å². The van der Waals surface area contributed by atoms with Crippen LogP contribution in [0.25, 0.3) is 22.5 Å². The highest BCUT2D eigenvalue weighted by Gasteiger charge is 2.13. The van der Waals surface area contributed by atoms with Crippen LogP contribution in [-0.4, -0.2) is 25.9 Å². The molecule has 9 heteroatoms. The minimum absolute atomic E-state index is 0.0924. The molecular formula is C21H17FN4O3S. The molecule has 3 aromatic heterocycles. The minimum Gasteiger partial charge on any atom is -0.454 e. The molecule has 7 nitrogen and oxygen atoms in total. The molecule has 4 rings (SSSR count). The third-order valence-electron chi connectivity index (χ3n) is 4.35. The van der Waals surface area contributed by atoms with Crippen molar-refractivity contribution in [2.45, 2.75) is 20.5 Å². The van der Waals surface area contributed by atoms with Crippen molar-refractivity contribution >= 4 is 23.4 Å². The highest BCUT2D eigenvalue weighted by atomic mass is 32.1. The maximum atomic E-state index is 13.2. The number of thiophene rings is 1. The van der Waals surface area contributed by atoms with Crippen molar-refractivity contribution in [1.29, 1.82) is 0 Å². The van der Waals surface area contributed by atoms with Crippen molar-refractivity contribution in [3.63, 3.8) is 0 Å². The largest absolute Gasteiger partial charge is 0.454 e. The molecule has 0 saturated carbocycles. The van der Waals surface area contributed by atoms with Gasteiger partial charge in [0.1, 0.15) is 5.82 Å². The average Bonchev–Trinajstić information content (AvgIpc) is 3.47. The second-order valence-corrected chi connectivity index (χ2v) is 7.35. The zero-order chi connectivity index (χ0) is 21.1. The van der Waals surface area contributed by atoms with Crippen LogP contribution >= 0.6 is 11.3 Å². The lowest BCUT2D eigenvalue weighted by atomic mass is 10.2. The molecule has 0 amide bonds. The van der Waals surface area contributed by atoms with E-state index in [0.717, 1.165) is 27.5 Å². The Balaban J connectivity index is 1.41. The zero-order valence-electron chi connectivity index (χ0n) is 16.2. The van der Waals surface area contributed by atoms with Crippen molar-refractivity contribution in [3.8, 4) is 16.5 Å². The van der Waals surface area contributed by atoms with Crippen molar-refractivity contribution in [3.05, 3.63) is 76.4 Å². The summed E-state index contributed by atoms with van der Waals surface area (Å²) in [6.07, 6.45) is 2.97. The SMILES string of the molecule is Cc1nn(-c2ccc(F)cc2)c(C)c1/C=C/C(=O)OCc1noc(-c2cccs2)n1. The molecule has 0 aliphatic heterocycles. The predicted molar refractivity (Wildman–Crippen MR) is 109 cm³/mol. The molecule has 0 unspecified atom stereocenters. The molecule has 152 valence electrons. The first kappa shape index (κ1) is 19.7. The molecule has 0 N–H and O–H groups in total. The molecule has 0 aliphatic rings. The van der Waals surface area contributed by atoms with E-state index >= 15 is 0 Å². The molecule has 0 fully saturated rings. The van der Waals surface area contributed by atoms with Crippen molar-refractivity contribution in [2.24, 2.45) is 0 Å². The summed E-state index contributed by atoms with van der Waals surface area (Å²) < 4.78 is 25.2. The first-order valence-corrected chi connectivity index (χ1v) is 9.92. The topological polar surface area (TPSA) is 83.0 Å². The maximum absolute atomic E-state index is 13.2. The summed E-state index contributed by atoms with van der Waals surface area (Å²) in [5, 5.41) is 10.2. The number of nitrogens with zero attached hydrogens (tertiary/aromatic N) is 4. The highest BCUT2D eigenvalue weighted by Crippen LogP contribution is 2.23. The fraction of sp³-hybridized carbons (Fsp3) is 0.143. The number of aromatic nitrogens is 4. The number of hydrogen-bond acceptors (Lipinski definition) is 7. The Labute approximate surface area is 175 Å². The van der Waals surface area contributed by atoms with E-state index in [1.807, 2.05) is 31.4 Å². The van der Waals surface area contributed by atoms with E-state index in [4.69, 9.17) is 9.26 Å². The van der Waals surface area contributed by atoms with Crippen LogP contribution in [0.4, 0.5) is 4.39 Å². The molecule has 0 radical (unpaired) electrons. The van der Waals surface area contributed by atoms with Crippen LogP contribution in [0, 0.1) is 19.7 Å². The third kappa shape index (κ3) is 4.20. The summed E-state index contributed by atoms with van der Waals surface area (Å²) in [5.74, 6) is -0.166. The number of hydrogen-bond donors (Lipinski definition) is 0. The molecule has 3 heterocycles. The van der Waals surface area contributed by atoms with Crippen LogP contribution in [0.5, 0.6) is 0 Å². The molecular weight excluding hydrogens is 407 g/mol. The average molecular weight is 424 g/mol. The lowest BCUT2D eigenvalue weighted by Gasteiger charge is -2.04.